The van der Waals surface area contributed by atoms with Crippen LogP contribution in [0.15, 0.2) is 6.07 Å². The molecule has 1 aromatic rings. The summed E-state index contributed by atoms with van der Waals surface area (Å²) in [6.07, 6.45) is 2.50. The van der Waals surface area contributed by atoms with Crippen LogP contribution in [-0.4, -0.2) is 17.6 Å². The molecule has 2 N–H and O–H groups in total. The summed E-state index contributed by atoms with van der Waals surface area (Å²) in [6.45, 7) is 10.5. The minimum atomic E-state index is 0.563. The Balaban J connectivity index is 2.37. The predicted molar refractivity (Wildman–Crippen MR) is 76.8 cm³/mol. The molecule has 100 valence electrons. The minimum absolute atomic E-state index is 0.563. The highest BCUT2D eigenvalue weighted by Crippen LogP contribution is 2.30. The van der Waals surface area contributed by atoms with Gasteiger partial charge in [0.25, 0.3) is 0 Å². The van der Waals surface area contributed by atoms with Gasteiger partial charge in [-0.2, -0.15) is 0 Å². The predicted octanol–water partition coefficient (Wildman–Crippen LogP) is 2.78. The highest BCUT2D eigenvalue weighted by molar-refractivity contribution is 5.52. The van der Waals surface area contributed by atoms with Crippen LogP contribution in [0.1, 0.15) is 43.5 Å². The molecule has 2 unspecified atom stereocenters. The van der Waals surface area contributed by atoms with Crippen LogP contribution >= 0.6 is 0 Å². The number of pyridine rings is 1. The van der Waals surface area contributed by atoms with Gasteiger partial charge < -0.3 is 10.6 Å². The summed E-state index contributed by atoms with van der Waals surface area (Å²) in [6, 6.07) is 2.69. The lowest BCUT2D eigenvalue weighted by molar-refractivity contribution is 0.375. The quantitative estimate of drug-likeness (QED) is 0.874. The first kappa shape index (κ1) is 13.3. The SMILES string of the molecule is Cc1cc(C)c(CN)c(N2CCC(C)CC2C)n1. The molecule has 0 radical (unpaired) electrons. The maximum Gasteiger partial charge on any atom is 0.133 e. The zero-order chi connectivity index (χ0) is 13.3. The van der Waals surface area contributed by atoms with Gasteiger partial charge in [0.2, 0.25) is 0 Å². The first-order valence-corrected chi connectivity index (χ1v) is 6.96. The average Bonchev–Trinajstić information content (AvgIpc) is 2.28. The lowest BCUT2D eigenvalue weighted by Crippen LogP contribution is -2.41. The molecule has 1 fully saturated rings. The highest BCUT2D eigenvalue weighted by Gasteiger charge is 2.26. The van der Waals surface area contributed by atoms with Gasteiger partial charge in [0.1, 0.15) is 5.82 Å². The van der Waals surface area contributed by atoms with Crippen molar-refractivity contribution in [2.75, 3.05) is 11.4 Å². The van der Waals surface area contributed by atoms with Crippen LogP contribution in [0.2, 0.25) is 0 Å². The van der Waals surface area contributed by atoms with Gasteiger partial charge in [-0.3, -0.25) is 0 Å². The second-order valence-corrected chi connectivity index (χ2v) is 5.76. The van der Waals surface area contributed by atoms with Crippen LogP contribution in [0, 0.1) is 19.8 Å². The first-order chi connectivity index (χ1) is 8.52. The molecule has 1 aliphatic heterocycles. The summed E-state index contributed by atoms with van der Waals surface area (Å²) in [5.74, 6) is 1.94. The van der Waals surface area contributed by atoms with Crippen molar-refractivity contribution in [3.8, 4) is 0 Å². The topological polar surface area (TPSA) is 42.1 Å². The van der Waals surface area contributed by atoms with E-state index in [0.29, 0.717) is 12.6 Å². The normalized spacial score (nSPS) is 24.4. The van der Waals surface area contributed by atoms with Crippen molar-refractivity contribution in [1.82, 2.24) is 4.98 Å². The molecule has 1 aromatic heterocycles. The van der Waals surface area contributed by atoms with E-state index >= 15 is 0 Å². The summed E-state index contributed by atoms with van der Waals surface area (Å²) in [4.78, 5) is 7.20. The fourth-order valence-corrected chi connectivity index (χ4v) is 3.06. The van der Waals surface area contributed by atoms with E-state index in [1.807, 2.05) is 0 Å². The Morgan fingerprint density at radius 1 is 1.39 bits per heavy atom. The molecule has 0 amide bonds. The maximum absolute atomic E-state index is 5.91. The zero-order valence-electron chi connectivity index (χ0n) is 12.0. The fraction of sp³-hybridized carbons (Fsp3) is 0.667. The first-order valence-electron chi connectivity index (χ1n) is 6.96. The third-order valence-corrected chi connectivity index (χ3v) is 4.07. The largest absolute Gasteiger partial charge is 0.354 e. The van der Waals surface area contributed by atoms with E-state index in [1.54, 1.807) is 0 Å². The van der Waals surface area contributed by atoms with Gasteiger partial charge in [-0.1, -0.05) is 6.92 Å². The second-order valence-electron chi connectivity index (χ2n) is 5.76. The molecule has 1 aliphatic rings. The number of aromatic nitrogens is 1. The van der Waals surface area contributed by atoms with Crippen LogP contribution in [0.4, 0.5) is 5.82 Å². The molecule has 2 atom stereocenters. The van der Waals surface area contributed by atoms with Gasteiger partial charge in [0, 0.05) is 30.4 Å². The molecule has 0 spiro atoms. The number of hydrogen-bond acceptors (Lipinski definition) is 3. The van der Waals surface area contributed by atoms with E-state index in [9.17, 15) is 0 Å². The molecule has 18 heavy (non-hydrogen) atoms. The van der Waals surface area contributed by atoms with E-state index in [0.717, 1.165) is 24.0 Å². The molecular weight excluding hydrogens is 222 g/mol. The molecular formula is C15H25N3. The maximum atomic E-state index is 5.91. The van der Waals surface area contributed by atoms with Crippen LogP contribution in [0.5, 0.6) is 0 Å². The number of hydrogen-bond donors (Lipinski definition) is 1. The van der Waals surface area contributed by atoms with E-state index < -0.39 is 0 Å². The highest BCUT2D eigenvalue weighted by atomic mass is 15.2. The lowest BCUT2D eigenvalue weighted by atomic mass is 9.93. The zero-order valence-corrected chi connectivity index (χ0v) is 12.0. The van der Waals surface area contributed by atoms with Crippen molar-refractivity contribution in [1.29, 1.82) is 0 Å². The Morgan fingerprint density at radius 3 is 2.72 bits per heavy atom. The number of nitrogens with two attached hydrogens (primary N) is 1. The average molecular weight is 247 g/mol. The van der Waals surface area contributed by atoms with Crippen LogP contribution in [0.3, 0.4) is 0 Å². The Labute approximate surface area is 110 Å². The molecule has 3 heteroatoms. The number of nitrogens with zero attached hydrogens (tertiary/aromatic N) is 2. The van der Waals surface area contributed by atoms with Crippen molar-refractivity contribution in [3.63, 3.8) is 0 Å². The van der Waals surface area contributed by atoms with Gasteiger partial charge in [-0.05, 0) is 51.2 Å². The van der Waals surface area contributed by atoms with Crippen molar-refractivity contribution in [3.05, 3.63) is 22.9 Å². The van der Waals surface area contributed by atoms with E-state index in [2.05, 4.69) is 38.7 Å². The smallest absolute Gasteiger partial charge is 0.133 e. The molecule has 0 bridgehead atoms. The standard InChI is InChI=1S/C15H25N3/c1-10-5-6-18(13(4)7-10)15-14(9-16)11(2)8-12(3)17-15/h8,10,13H,5-7,9,16H2,1-4H3. The molecule has 1 saturated heterocycles. The number of aryl methyl sites for hydroxylation is 2. The monoisotopic (exact) mass is 247 g/mol. The van der Waals surface area contributed by atoms with Gasteiger partial charge in [-0.15, -0.1) is 0 Å². The Bertz CT molecular complexity index is 428. The van der Waals surface area contributed by atoms with Gasteiger partial charge in [-0.25, -0.2) is 4.98 Å². The fourth-order valence-electron chi connectivity index (χ4n) is 3.06. The van der Waals surface area contributed by atoms with Crippen molar-refractivity contribution >= 4 is 5.82 Å². The van der Waals surface area contributed by atoms with Crippen LogP contribution in [-0.2, 0) is 6.54 Å². The summed E-state index contributed by atoms with van der Waals surface area (Å²) in [5, 5.41) is 0. The summed E-state index contributed by atoms with van der Waals surface area (Å²) in [7, 11) is 0. The Morgan fingerprint density at radius 2 is 2.11 bits per heavy atom. The number of piperidine rings is 1. The Hall–Kier alpha value is -1.09. The number of rotatable bonds is 2. The number of anilines is 1. The summed E-state index contributed by atoms with van der Waals surface area (Å²) < 4.78 is 0. The lowest BCUT2D eigenvalue weighted by Gasteiger charge is -2.38. The van der Waals surface area contributed by atoms with Gasteiger partial charge in [0.15, 0.2) is 0 Å². The Kier molecular flexibility index (Phi) is 3.91. The van der Waals surface area contributed by atoms with E-state index in [1.165, 1.54) is 24.0 Å². The molecule has 2 heterocycles. The summed E-state index contributed by atoms with van der Waals surface area (Å²) in [5.41, 5.74) is 9.48. The van der Waals surface area contributed by atoms with Gasteiger partial charge >= 0.3 is 0 Å². The van der Waals surface area contributed by atoms with Crippen molar-refractivity contribution in [2.45, 2.75) is 53.1 Å². The molecule has 0 aromatic carbocycles. The van der Waals surface area contributed by atoms with Crippen LogP contribution in [0.25, 0.3) is 0 Å². The van der Waals surface area contributed by atoms with Crippen LogP contribution < -0.4 is 10.6 Å². The molecule has 0 aliphatic carbocycles. The summed E-state index contributed by atoms with van der Waals surface area (Å²) >= 11 is 0. The molecule has 2 rings (SSSR count). The van der Waals surface area contributed by atoms with E-state index in [4.69, 9.17) is 10.7 Å². The third-order valence-electron chi connectivity index (χ3n) is 4.07. The van der Waals surface area contributed by atoms with E-state index in [-0.39, 0.29) is 0 Å². The van der Waals surface area contributed by atoms with Gasteiger partial charge in [0.05, 0.1) is 0 Å². The van der Waals surface area contributed by atoms with Crippen molar-refractivity contribution in [2.24, 2.45) is 11.7 Å². The molecule has 3 nitrogen and oxygen atoms in total. The second kappa shape index (κ2) is 5.27. The van der Waals surface area contributed by atoms with Crippen molar-refractivity contribution < 1.29 is 0 Å². The third kappa shape index (κ3) is 2.51. The molecule has 0 saturated carbocycles. The minimum Gasteiger partial charge on any atom is -0.354 e.